The molecule has 2 fully saturated rings. The van der Waals surface area contributed by atoms with Crippen molar-refractivity contribution in [2.75, 3.05) is 0 Å². The highest BCUT2D eigenvalue weighted by Gasteiger charge is 2.51. The van der Waals surface area contributed by atoms with Crippen LogP contribution in [-0.2, 0) is 9.53 Å². The lowest BCUT2D eigenvalue weighted by Gasteiger charge is -2.20. The standard InChI is InChI=1S/C20H33NO7/c1-2-3-4-6-13(22)9-10-14-15-11-19(28-18(15)12-17(14)23)16(21(26)27)7-5-8-20(24)25/h9-10,13-19,22-23H,2-8,11-12H2,1H3,(H,24,25)/b10-9+/t13-,14+,15+,16?,17+,18-,19?/m0/s1. The van der Waals surface area contributed by atoms with Crippen molar-refractivity contribution in [3.05, 3.63) is 22.3 Å². The van der Waals surface area contributed by atoms with E-state index >= 15 is 0 Å². The van der Waals surface area contributed by atoms with E-state index < -0.39 is 30.3 Å². The fraction of sp³-hybridized carbons (Fsp3) is 0.850. The number of nitro groups is 1. The number of nitrogens with zero attached hydrogens (tertiary/aromatic N) is 1. The van der Waals surface area contributed by atoms with Crippen LogP contribution in [0.1, 0.15) is 64.7 Å². The summed E-state index contributed by atoms with van der Waals surface area (Å²) in [5, 5.41) is 40.6. The lowest BCUT2D eigenvalue weighted by Crippen LogP contribution is -2.35. The van der Waals surface area contributed by atoms with E-state index in [1.165, 1.54) is 0 Å². The first-order chi connectivity index (χ1) is 13.3. The van der Waals surface area contributed by atoms with Gasteiger partial charge in [0.2, 0.25) is 6.04 Å². The van der Waals surface area contributed by atoms with Gasteiger partial charge in [0, 0.05) is 30.1 Å². The van der Waals surface area contributed by atoms with E-state index in [0.717, 1.165) is 19.3 Å². The maximum atomic E-state index is 11.4. The number of carboxylic acids is 1. The second kappa shape index (κ2) is 10.9. The van der Waals surface area contributed by atoms with Crippen LogP contribution in [0.3, 0.4) is 0 Å². The Morgan fingerprint density at radius 3 is 2.68 bits per heavy atom. The zero-order chi connectivity index (χ0) is 20.7. The molecule has 3 N–H and O–H groups in total. The highest BCUT2D eigenvalue weighted by Crippen LogP contribution is 2.45. The molecule has 0 bridgehead atoms. The van der Waals surface area contributed by atoms with E-state index in [0.29, 0.717) is 19.3 Å². The minimum atomic E-state index is -0.961. The molecule has 0 aromatic carbocycles. The van der Waals surface area contributed by atoms with Crippen molar-refractivity contribution < 1.29 is 29.8 Å². The molecule has 0 aromatic heterocycles. The largest absolute Gasteiger partial charge is 0.481 e. The first-order valence-electron chi connectivity index (χ1n) is 10.4. The molecule has 0 radical (unpaired) electrons. The predicted octanol–water partition coefficient (Wildman–Crippen LogP) is 2.54. The molecule has 0 amide bonds. The molecule has 2 unspecified atom stereocenters. The summed E-state index contributed by atoms with van der Waals surface area (Å²) in [4.78, 5) is 21.7. The van der Waals surface area contributed by atoms with Crippen molar-refractivity contribution >= 4 is 5.97 Å². The molecule has 0 spiro atoms. The third kappa shape index (κ3) is 6.25. The van der Waals surface area contributed by atoms with Crippen LogP contribution in [0.4, 0.5) is 0 Å². The number of aliphatic hydroxyl groups excluding tert-OH is 2. The lowest BCUT2D eigenvalue weighted by molar-refractivity contribution is -0.535. The molecule has 28 heavy (non-hydrogen) atoms. The van der Waals surface area contributed by atoms with Crippen molar-refractivity contribution in [1.82, 2.24) is 0 Å². The number of fused-ring (bicyclic) bond motifs is 1. The molecular weight excluding hydrogens is 366 g/mol. The van der Waals surface area contributed by atoms with Crippen LogP contribution in [0.5, 0.6) is 0 Å². The third-order valence-electron chi connectivity index (χ3n) is 5.99. The van der Waals surface area contributed by atoms with Crippen molar-refractivity contribution in [1.29, 1.82) is 0 Å². The minimum absolute atomic E-state index is 0.0129. The Kier molecular flexibility index (Phi) is 8.85. The van der Waals surface area contributed by atoms with Crippen LogP contribution in [-0.4, -0.2) is 56.7 Å². The SMILES string of the molecule is CCCCC[C@H](O)/C=C/[C@@H]1[C@H]2CC(C(CCCC(=O)O)[N+](=O)[O-])O[C@H]2C[C@H]1O. The normalized spacial score (nSPS) is 31.8. The van der Waals surface area contributed by atoms with E-state index in [1.54, 1.807) is 6.08 Å². The molecule has 2 rings (SSSR count). The summed E-state index contributed by atoms with van der Waals surface area (Å²) in [6.45, 7) is 2.10. The van der Waals surface area contributed by atoms with Crippen molar-refractivity contribution in [2.24, 2.45) is 11.8 Å². The Balaban J connectivity index is 1.93. The fourth-order valence-electron chi connectivity index (χ4n) is 4.48. The second-order valence-electron chi connectivity index (χ2n) is 8.08. The van der Waals surface area contributed by atoms with Gasteiger partial charge in [-0.05, 0) is 25.2 Å². The number of aliphatic hydroxyl groups is 2. The molecule has 2 aliphatic rings. The van der Waals surface area contributed by atoms with Gasteiger partial charge in [-0.1, -0.05) is 38.3 Å². The van der Waals surface area contributed by atoms with Crippen molar-refractivity contribution in [2.45, 2.75) is 95.2 Å². The number of unbranched alkanes of at least 4 members (excludes halogenated alkanes) is 2. The smallest absolute Gasteiger partial charge is 0.303 e. The van der Waals surface area contributed by atoms with E-state index in [2.05, 4.69) is 6.92 Å². The third-order valence-corrected chi connectivity index (χ3v) is 5.99. The summed E-state index contributed by atoms with van der Waals surface area (Å²) in [5.74, 6) is -1.15. The Labute approximate surface area is 165 Å². The summed E-state index contributed by atoms with van der Waals surface area (Å²) in [6.07, 6.45) is 6.70. The van der Waals surface area contributed by atoms with Crippen LogP contribution >= 0.6 is 0 Å². The summed E-state index contributed by atoms with van der Waals surface area (Å²) in [7, 11) is 0. The van der Waals surface area contributed by atoms with Crippen LogP contribution in [0.25, 0.3) is 0 Å². The Hall–Kier alpha value is -1.51. The number of hydrogen-bond acceptors (Lipinski definition) is 6. The number of carbonyl (C=O) groups is 1. The fourth-order valence-corrected chi connectivity index (χ4v) is 4.48. The summed E-state index contributed by atoms with van der Waals surface area (Å²) >= 11 is 0. The van der Waals surface area contributed by atoms with Gasteiger partial charge in [-0.15, -0.1) is 0 Å². The Bertz CT molecular complexity index is 553. The van der Waals surface area contributed by atoms with Gasteiger partial charge in [0.25, 0.3) is 0 Å². The number of carboxylic acid groups (broad SMARTS) is 1. The van der Waals surface area contributed by atoms with E-state index in [9.17, 15) is 25.1 Å². The Morgan fingerprint density at radius 1 is 1.29 bits per heavy atom. The quantitative estimate of drug-likeness (QED) is 0.199. The second-order valence-corrected chi connectivity index (χ2v) is 8.08. The van der Waals surface area contributed by atoms with Crippen LogP contribution in [0.15, 0.2) is 12.2 Å². The van der Waals surface area contributed by atoms with Gasteiger partial charge < -0.3 is 20.1 Å². The van der Waals surface area contributed by atoms with Crippen LogP contribution < -0.4 is 0 Å². The zero-order valence-corrected chi connectivity index (χ0v) is 16.5. The molecule has 0 aromatic rings. The highest BCUT2D eigenvalue weighted by atomic mass is 16.6. The number of hydrogen-bond donors (Lipinski definition) is 3. The molecule has 8 nitrogen and oxygen atoms in total. The van der Waals surface area contributed by atoms with E-state index in [4.69, 9.17) is 9.84 Å². The number of ether oxygens (including phenoxy) is 1. The van der Waals surface area contributed by atoms with Crippen LogP contribution in [0.2, 0.25) is 0 Å². The average molecular weight is 399 g/mol. The summed E-state index contributed by atoms with van der Waals surface area (Å²) in [5.41, 5.74) is 0. The first-order valence-corrected chi connectivity index (χ1v) is 10.4. The van der Waals surface area contributed by atoms with E-state index in [-0.39, 0.29) is 42.1 Å². The highest BCUT2D eigenvalue weighted by molar-refractivity contribution is 5.66. The molecule has 1 aliphatic heterocycles. The van der Waals surface area contributed by atoms with Gasteiger partial charge in [0.1, 0.15) is 6.10 Å². The maximum Gasteiger partial charge on any atom is 0.303 e. The molecule has 1 saturated carbocycles. The topological polar surface area (TPSA) is 130 Å². The minimum Gasteiger partial charge on any atom is -0.481 e. The molecule has 7 atom stereocenters. The molecule has 1 heterocycles. The lowest BCUT2D eigenvalue weighted by atomic mass is 9.87. The predicted molar refractivity (Wildman–Crippen MR) is 102 cm³/mol. The monoisotopic (exact) mass is 399 g/mol. The van der Waals surface area contributed by atoms with E-state index in [1.807, 2.05) is 6.08 Å². The number of aliphatic carboxylic acids is 1. The molecule has 8 heteroatoms. The molecule has 160 valence electrons. The molecule has 1 saturated heterocycles. The molecular formula is C20H33NO7. The van der Waals surface area contributed by atoms with Crippen molar-refractivity contribution in [3.63, 3.8) is 0 Å². The van der Waals surface area contributed by atoms with Gasteiger partial charge >= 0.3 is 5.97 Å². The number of rotatable bonds is 12. The van der Waals surface area contributed by atoms with Gasteiger partial charge in [-0.3, -0.25) is 14.9 Å². The Morgan fingerprint density at radius 2 is 2.04 bits per heavy atom. The van der Waals surface area contributed by atoms with Gasteiger partial charge in [-0.2, -0.15) is 0 Å². The average Bonchev–Trinajstić information content (AvgIpc) is 3.13. The van der Waals surface area contributed by atoms with Gasteiger partial charge in [0.15, 0.2) is 0 Å². The van der Waals surface area contributed by atoms with Gasteiger partial charge in [-0.25, -0.2) is 0 Å². The zero-order valence-electron chi connectivity index (χ0n) is 16.5. The summed E-state index contributed by atoms with van der Waals surface area (Å²) in [6, 6.07) is -0.925. The van der Waals surface area contributed by atoms with Crippen molar-refractivity contribution in [3.8, 4) is 0 Å². The first kappa shape index (κ1) is 22.8. The van der Waals surface area contributed by atoms with Gasteiger partial charge in [0.05, 0.1) is 18.3 Å². The maximum absolute atomic E-state index is 11.4. The van der Waals surface area contributed by atoms with Crippen LogP contribution in [0, 0.1) is 22.0 Å². The molecule has 1 aliphatic carbocycles. The summed E-state index contributed by atoms with van der Waals surface area (Å²) < 4.78 is 5.91.